The number of nitrogens with zero attached hydrogens (tertiary/aromatic N) is 1. The van der Waals surface area contributed by atoms with Crippen molar-refractivity contribution in [1.29, 1.82) is 0 Å². The first-order valence-corrected chi connectivity index (χ1v) is 7.53. The third-order valence-corrected chi connectivity index (χ3v) is 3.95. The van der Waals surface area contributed by atoms with E-state index in [2.05, 4.69) is 18.1 Å². The number of thioether (sulfide) groups is 1. The number of hydrogen-bond acceptors (Lipinski definition) is 3. The van der Waals surface area contributed by atoms with Crippen molar-refractivity contribution in [3.63, 3.8) is 0 Å². The molecule has 0 aliphatic rings. The lowest BCUT2D eigenvalue weighted by atomic mass is 10.1. The fourth-order valence-corrected chi connectivity index (χ4v) is 2.64. The van der Waals surface area contributed by atoms with Crippen LogP contribution in [0.3, 0.4) is 0 Å². The van der Waals surface area contributed by atoms with Crippen molar-refractivity contribution in [3.8, 4) is 0 Å². The van der Waals surface area contributed by atoms with Crippen molar-refractivity contribution in [2.75, 3.05) is 19.1 Å². The second-order valence-corrected chi connectivity index (χ2v) is 5.74. The molecule has 0 saturated carbocycles. The van der Waals surface area contributed by atoms with Crippen LogP contribution in [0.5, 0.6) is 0 Å². The molecule has 0 heterocycles. The highest BCUT2D eigenvalue weighted by Crippen LogP contribution is 2.15. The summed E-state index contributed by atoms with van der Waals surface area (Å²) >= 11 is 6.78. The van der Waals surface area contributed by atoms with Gasteiger partial charge in [0.15, 0.2) is 0 Å². The second-order valence-electron chi connectivity index (χ2n) is 4.39. The van der Waals surface area contributed by atoms with Gasteiger partial charge < -0.3 is 5.73 Å². The van der Waals surface area contributed by atoms with Gasteiger partial charge in [0.25, 0.3) is 0 Å². The van der Waals surface area contributed by atoms with Crippen molar-refractivity contribution >= 4 is 29.0 Å². The third-order valence-electron chi connectivity index (χ3n) is 2.92. The lowest BCUT2D eigenvalue weighted by molar-refractivity contribution is 0.269. The van der Waals surface area contributed by atoms with E-state index in [1.54, 1.807) is 6.07 Å². The summed E-state index contributed by atoms with van der Waals surface area (Å²) in [6.07, 6.45) is 2.09. The Kier molecular flexibility index (Phi) is 6.05. The largest absolute Gasteiger partial charge is 0.389 e. The highest BCUT2D eigenvalue weighted by atomic mass is 32.2. The lowest BCUT2D eigenvalue weighted by Gasteiger charge is -2.25. The number of thiocarbonyl (C=S) groups is 1. The highest BCUT2D eigenvalue weighted by Gasteiger charge is 2.13. The molecule has 2 N–H and O–H groups in total. The minimum atomic E-state index is -0.304. The third kappa shape index (κ3) is 4.23. The highest BCUT2D eigenvalue weighted by molar-refractivity contribution is 7.98. The molecule has 0 amide bonds. The van der Waals surface area contributed by atoms with Crippen molar-refractivity contribution in [2.24, 2.45) is 5.73 Å². The van der Waals surface area contributed by atoms with Crippen molar-refractivity contribution in [3.05, 3.63) is 35.1 Å². The van der Waals surface area contributed by atoms with Crippen LogP contribution in [0, 0.1) is 5.82 Å². The number of hydrogen-bond donors (Lipinski definition) is 1. The van der Waals surface area contributed by atoms with Crippen LogP contribution in [0.2, 0.25) is 0 Å². The molecule has 0 aromatic heterocycles. The predicted molar refractivity (Wildman–Crippen MR) is 81.6 cm³/mol. The van der Waals surface area contributed by atoms with Crippen LogP contribution >= 0.6 is 24.0 Å². The van der Waals surface area contributed by atoms with E-state index in [0.29, 0.717) is 18.2 Å². The zero-order valence-corrected chi connectivity index (χ0v) is 12.6. The molecule has 0 saturated heterocycles. The molecule has 2 nitrogen and oxygen atoms in total. The van der Waals surface area contributed by atoms with Gasteiger partial charge in [0.1, 0.15) is 10.8 Å². The first-order chi connectivity index (χ1) is 8.45. The Hall–Kier alpha value is -0.650. The SMILES string of the molecule is CSCC(C)N(C)Cc1ccc(F)cc1C(N)=S. The summed E-state index contributed by atoms with van der Waals surface area (Å²) in [5, 5.41) is 0. The Morgan fingerprint density at radius 1 is 1.56 bits per heavy atom. The maximum Gasteiger partial charge on any atom is 0.123 e. The Morgan fingerprint density at radius 2 is 2.22 bits per heavy atom. The molecule has 1 atom stereocenters. The fraction of sp³-hybridized carbons (Fsp3) is 0.462. The molecule has 0 fully saturated rings. The van der Waals surface area contributed by atoms with E-state index in [1.807, 2.05) is 18.8 Å². The summed E-state index contributed by atoms with van der Waals surface area (Å²) in [4.78, 5) is 2.46. The summed E-state index contributed by atoms with van der Waals surface area (Å²) in [7, 11) is 2.05. The van der Waals surface area contributed by atoms with Crippen LogP contribution in [-0.2, 0) is 6.54 Å². The Labute approximate surface area is 118 Å². The minimum absolute atomic E-state index is 0.246. The zero-order valence-electron chi connectivity index (χ0n) is 10.9. The molecular weight excluding hydrogens is 267 g/mol. The molecule has 0 spiro atoms. The van der Waals surface area contributed by atoms with E-state index in [9.17, 15) is 4.39 Å². The molecule has 1 aromatic carbocycles. The molecule has 0 bridgehead atoms. The van der Waals surface area contributed by atoms with E-state index >= 15 is 0 Å². The molecule has 1 aromatic rings. The van der Waals surface area contributed by atoms with Gasteiger partial charge in [-0.05, 0) is 37.9 Å². The lowest BCUT2D eigenvalue weighted by Crippen LogP contribution is -2.31. The molecule has 1 unspecified atom stereocenters. The normalized spacial score (nSPS) is 12.7. The molecule has 1 rings (SSSR count). The van der Waals surface area contributed by atoms with Gasteiger partial charge in [-0.25, -0.2) is 4.39 Å². The van der Waals surface area contributed by atoms with Crippen molar-refractivity contribution < 1.29 is 4.39 Å². The predicted octanol–water partition coefficient (Wildman–Crippen LogP) is 2.64. The van der Waals surface area contributed by atoms with E-state index in [1.165, 1.54) is 12.1 Å². The van der Waals surface area contributed by atoms with E-state index < -0.39 is 0 Å². The number of nitrogens with two attached hydrogens (primary N) is 1. The first-order valence-electron chi connectivity index (χ1n) is 5.73. The van der Waals surface area contributed by atoms with Crippen LogP contribution in [-0.4, -0.2) is 35.0 Å². The van der Waals surface area contributed by atoms with Gasteiger partial charge in [-0.15, -0.1) is 0 Å². The van der Waals surface area contributed by atoms with Crippen LogP contribution < -0.4 is 5.73 Å². The Balaban J connectivity index is 2.87. The minimum Gasteiger partial charge on any atom is -0.389 e. The van der Waals surface area contributed by atoms with Crippen LogP contribution in [0.15, 0.2) is 18.2 Å². The van der Waals surface area contributed by atoms with E-state index in [4.69, 9.17) is 18.0 Å². The standard InChI is InChI=1S/C13H19FN2S2/c1-9(8-18-3)16(2)7-10-4-5-11(14)6-12(10)13(15)17/h4-6,9H,7-8H2,1-3H3,(H2,15,17). The summed E-state index contributed by atoms with van der Waals surface area (Å²) in [5.74, 6) is 0.751. The molecule has 5 heteroatoms. The average molecular weight is 286 g/mol. The summed E-state index contributed by atoms with van der Waals surface area (Å²) < 4.78 is 13.2. The maximum absolute atomic E-state index is 13.2. The Morgan fingerprint density at radius 3 is 2.78 bits per heavy atom. The Bertz CT molecular complexity index is 423. The summed E-state index contributed by atoms with van der Waals surface area (Å²) in [5.41, 5.74) is 7.24. The van der Waals surface area contributed by atoms with E-state index in [-0.39, 0.29) is 10.8 Å². The number of benzene rings is 1. The molecule has 0 aliphatic heterocycles. The summed E-state index contributed by atoms with van der Waals surface area (Å²) in [6, 6.07) is 5.06. The molecule has 0 radical (unpaired) electrons. The maximum atomic E-state index is 13.2. The van der Waals surface area contributed by atoms with Crippen LogP contribution in [0.4, 0.5) is 4.39 Å². The smallest absolute Gasteiger partial charge is 0.123 e. The molecule has 0 aliphatic carbocycles. The van der Waals surface area contributed by atoms with Gasteiger partial charge in [-0.1, -0.05) is 18.3 Å². The molecule has 18 heavy (non-hydrogen) atoms. The van der Waals surface area contributed by atoms with Gasteiger partial charge in [0, 0.05) is 23.9 Å². The van der Waals surface area contributed by atoms with Crippen molar-refractivity contribution in [2.45, 2.75) is 19.5 Å². The molecule has 100 valence electrons. The van der Waals surface area contributed by atoms with Gasteiger partial charge in [0.05, 0.1) is 0 Å². The quantitative estimate of drug-likeness (QED) is 0.814. The number of halogens is 1. The van der Waals surface area contributed by atoms with Gasteiger partial charge in [0.2, 0.25) is 0 Å². The zero-order chi connectivity index (χ0) is 13.7. The van der Waals surface area contributed by atoms with Crippen molar-refractivity contribution in [1.82, 2.24) is 4.90 Å². The number of rotatable bonds is 6. The topological polar surface area (TPSA) is 29.3 Å². The average Bonchev–Trinajstić information content (AvgIpc) is 2.31. The van der Waals surface area contributed by atoms with Gasteiger partial charge in [-0.2, -0.15) is 11.8 Å². The van der Waals surface area contributed by atoms with Gasteiger partial charge >= 0.3 is 0 Å². The van der Waals surface area contributed by atoms with Crippen LogP contribution in [0.25, 0.3) is 0 Å². The monoisotopic (exact) mass is 286 g/mol. The summed E-state index contributed by atoms with van der Waals surface area (Å²) in [6.45, 7) is 2.88. The molecular formula is C13H19FN2S2. The van der Waals surface area contributed by atoms with E-state index in [0.717, 1.165) is 11.3 Å². The second kappa shape index (κ2) is 7.07. The van der Waals surface area contributed by atoms with Crippen LogP contribution in [0.1, 0.15) is 18.1 Å². The van der Waals surface area contributed by atoms with Gasteiger partial charge in [-0.3, -0.25) is 4.90 Å². The fourth-order valence-electron chi connectivity index (χ4n) is 1.71. The first kappa shape index (κ1) is 15.4.